The zero-order valence-corrected chi connectivity index (χ0v) is 9.45. The largest absolute Gasteiger partial charge is 0.147 e. The summed E-state index contributed by atoms with van der Waals surface area (Å²) in [7, 11) is 0. The highest BCUT2D eigenvalue weighted by Gasteiger charge is 1.99. The van der Waals surface area contributed by atoms with Crippen LogP contribution in [0.1, 0.15) is 0 Å². The molecule has 0 fully saturated rings. The van der Waals surface area contributed by atoms with Crippen molar-refractivity contribution in [2.45, 2.75) is 0 Å². The molecular formula is C6H7Cl4P. The summed E-state index contributed by atoms with van der Waals surface area (Å²) in [6, 6.07) is 9.64. The van der Waals surface area contributed by atoms with Crippen LogP contribution < -0.4 is 5.30 Å². The summed E-state index contributed by atoms with van der Waals surface area (Å²) in [6.45, 7) is -0.951. The van der Waals surface area contributed by atoms with E-state index < -0.39 is 6.63 Å². The topological polar surface area (TPSA) is 0 Å². The first-order chi connectivity index (χ1) is 4.30. The zero-order valence-electron chi connectivity index (χ0n) is 5.41. The molecule has 11 heavy (non-hydrogen) atoms. The van der Waals surface area contributed by atoms with Crippen LogP contribution in [-0.4, -0.2) is 0 Å². The molecule has 0 spiro atoms. The second-order valence-corrected chi connectivity index (χ2v) is 5.10. The number of benzene rings is 1. The van der Waals surface area contributed by atoms with Crippen LogP contribution in [-0.2, 0) is 0 Å². The molecule has 1 aromatic rings. The number of hydrogen-bond donors (Lipinski definition) is 0. The van der Waals surface area contributed by atoms with Gasteiger partial charge in [0, 0.05) is 5.30 Å². The van der Waals surface area contributed by atoms with Gasteiger partial charge < -0.3 is 0 Å². The van der Waals surface area contributed by atoms with Crippen molar-refractivity contribution in [1.29, 1.82) is 0 Å². The predicted octanol–water partition coefficient (Wildman–Crippen LogP) is 3.95. The molecule has 0 aliphatic carbocycles. The van der Waals surface area contributed by atoms with Crippen molar-refractivity contribution in [3.63, 3.8) is 0 Å². The summed E-state index contributed by atoms with van der Waals surface area (Å²) < 4.78 is 0. The molecule has 0 aliphatic rings. The van der Waals surface area contributed by atoms with E-state index in [9.17, 15) is 0 Å². The minimum atomic E-state index is -0.951. The Balaban J connectivity index is 0. The fourth-order valence-electron chi connectivity index (χ4n) is 0.541. The Morgan fingerprint density at radius 2 is 1.36 bits per heavy atom. The van der Waals surface area contributed by atoms with Gasteiger partial charge in [-0.05, 0) is 0 Å². The van der Waals surface area contributed by atoms with Crippen molar-refractivity contribution in [1.82, 2.24) is 0 Å². The molecule has 0 aromatic heterocycles. The van der Waals surface area contributed by atoms with E-state index in [4.69, 9.17) is 22.5 Å². The van der Waals surface area contributed by atoms with Gasteiger partial charge in [0.15, 0.2) is 0 Å². The third kappa shape index (κ3) is 5.11. The summed E-state index contributed by atoms with van der Waals surface area (Å²) in [5.74, 6) is 0. The van der Waals surface area contributed by atoms with Crippen LogP contribution in [0.5, 0.6) is 0 Å². The van der Waals surface area contributed by atoms with E-state index in [-0.39, 0.29) is 24.8 Å². The average Bonchev–Trinajstić information content (AvgIpc) is 1.90. The van der Waals surface area contributed by atoms with E-state index in [1.54, 1.807) is 0 Å². The maximum absolute atomic E-state index is 5.63. The molecule has 64 valence electrons. The van der Waals surface area contributed by atoms with Crippen LogP contribution in [0, 0.1) is 0 Å². The van der Waals surface area contributed by atoms with Crippen LogP contribution in [0.15, 0.2) is 30.3 Å². The Hall–Kier alpha value is 0.810. The maximum Gasteiger partial charge on any atom is 0.116 e. The van der Waals surface area contributed by atoms with Gasteiger partial charge in [0.2, 0.25) is 0 Å². The van der Waals surface area contributed by atoms with Crippen molar-refractivity contribution in [3.05, 3.63) is 30.3 Å². The molecule has 0 amide bonds. The maximum atomic E-state index is 5.63. The number of halogens is 4. The molecule has 0 bridgehead atoms. The van der Waals surface area contributed by atoms with Gasteiger partial charge >= 0.3 is 0 Å². The molecule has 0 aliphatic heterocycles. The van der Waals surface area contributed by atoms with E-state index in [2.05, 4.69) is 0 Å². The molecule has 0 atom stereocenters. The van der Waals surface area contributed by atoms with Gasteiger partial charge in [0.25, 0.3) is 0 Å². The van der Waals surface area contributed by atoms with E-state index in [0.29, 0.717) is 0 Å². The van der Waals surface area contributed by atoms with Gasteiger partial charge in [-0.25, -0.2) is 0 Å². The van der Waals surface area contributed by atoms with Crippen LogP contribution in [0.25, 0.3) is 0 Å². The van der Waals surface area contributed by atoms with Gasteiger partial charge in [-0.3, -0.25) is 0 Å². The van der Waals surface area contributed by atoms with Crippen LogP contribution in [0.4, 0.5) is 0 Å². The van der Waals surface area contributed by atoms with Crippen molar-refractivity contribution < 1.29 is 0 Å². The number of hydrogen-bond acceptors (Lipinski definition) is 0. The first-order valence-corrected chi connectivity index (χ1v) is 5.62. The average molecular weight is 252 g/mol. The summed E-state index contributed by atoms with van der Waals surface area (Å²) in [4.78, 5) is 0. The summed E-state index contributed by atoms with van der Waals surface area (Å²) in [5.41, 5.74) is 0. The SMILES string of the molecule is Cl.Cl.ClP(Cl)c1ccccc1. The molecule has 0 heterocycles. The van der Waals surface area contributed by atoms with Crippen molar-refractivity contribution in [2.75, 3.05) is 0 Å². The fourth-order valence-corrected chi connectivity index (χ4v) is 1.61. The number of rotatable bonds is 1. The van der Waals surface area contributed by atoms with Crippen molar-refractivity contribution in [3.8, 4) is 0 Å². The molecule has 0 nitrogen and oxygen atoms in total. The predicted molar refractivity (Wildman–Crippen MR) is 59.2 cm³/mol. The van der Waals surface area contributed by atoms with Crippen LogP contribution in [0.2, 0.25) is 0 Å². The highest BCUT2D eigenvalue weighted by molar-refractivity contribution is 8.08. The fraction of sp³-hybridized carbons (Fsp3) is 0. The lowest BCUT2D eigenvalue weighted by Crippen LogP contribution is -1.89. The molecule has 0 saturated carbocycles. The molecule has 1 rings (SSSR count). The molecule has 1 aromatic carbocycles. The lowest BCUT2D eigenvalue weighted by atomic mass is 10.4. The molecule has 0 radical (unpaired) electrons. The van der Waals surface area contributed by atoms with Crippen molar-refractivity contribution >= 4 is 59.2 Å². The monoisotopic (exact) mass is 250 g/mol. The Morgan fingerprint density at radius 1 is 0.909 bits per heavy atom. The molecule has 0 saturated heterocycles. The highest BCUT2D eigenvalue weighted by atomic mass is 35.9. The van der Waals surface area contributed by atoms with E-state index in [0.717, 1.165) is 5.30 Å². The van der Waals surface area contributed by atoms with Gasteiger partial charge in [-0.2, -0.15) is 0 Å². The lowest BCUT2D eigenvalue weighted by molar-refractivity contribution is 1.78. The molecular weight excluding hydrogens is 245 g/mol. The van der Waals surface area contributed by atoms with Crippen molar-refractivity contribution in [2.24, 2.45) is 0 Å². The Bertz CT molecular complexity index is 177. The van der Waals surface area contributed by atoms with E-state index in [1.807, 2.05) is 30.3 Å². The summed E-state index contributed by atoms with van der Waals surface area (Å²) in [6.07, 6.45) is 0. The summed E-state index contributed by atoms with van der Waals surface area (Å²) in [5, 5.41) is 1.01. The Labute approximate surface area is 89.4 Å². The quantitative estimate of drug-likeness (QED) is 0.664. The van der Waals surface area contributed by atoms with Crippen LogP contribution >= 0.6 is 53.9 Å². The second kappa shape index (κ2) is 7.46. The Kier molecular flexibility index (Phi) is 9.72. The van der Waals surface area contributed by atoms with Gasteiger partial charge in [0.1, 0.15) is 6.63 Å². The van der Waals surface area contributed by atoms with Gasteiger partial charge in [-0.1, -0.05) is 52.8 Å². The van der Waals surface area contributed by atoms with Gasteiger partial charge in [0.05, 0.1) is 0 Å². The minimum Gasteiger partial charge on any atom is -0.147 e. The molecule has 5 heteroatoms. The van der Waals surface area contributed by atoms with E-state index in [1.165, 1.54) is 0 Å². The normalized spacial score (nSPS) is 8.27. The molecule has 0 N–H and O–H groups in total. The third-order valence-electron chi connectivity index (χ3n) is 0.951. The first-order valence-electron chi connectivity index (χ1n) is 2.47. The smallest absolute Gasteiger partial charge is 0.116 e. The van der Waals surface area contributed by atoms with Crippen LogP contribution in [0.3, 0.4) is 0 Å². The highest BCUT2D eigenvalue weighted by Crippen LogP contribution is 2.44. The third-order valence-corrected chi connectivity index (χ3v) is 2.81. The second-order valence-electron chi connectivity index (χ2n) is 1.57. The minimum absolute atomic E-state index is 0. The van der Waals surface area contributed by atoms with Gasteiger partial charge in [-0.15, -0.1) is 24.8 Å². The Morgan fingerprint density at radius 3 is 1.64 bits per heavy atom. The first kappa shape index (κ1) is 14.3. The zero-order chi connectivity index (χ0) is 6.69. The standard InChI is InChI=1S/C6H5Cl2P.2ClH/c7-9(8)6-4-2-1-3-5-6;;/h1-5H;2*1H. The summed E-state index contributed by atoms with van der Waals surface area (Å²) >= 11 is 11.3. The lowest BCUT2D eigenvalue weighted by Gasteiger charge is -1.96. The van der Waals surface area contributed by atoms with E-state index >= 15 is 0 Å². The molecule has 0 unspecified atom stereocenters.